The molecule has 1 saturated heterocycles. The number of furan rings is 1. The Morgan fingerprint density at radius 2 is 2.35 bits per heavy atom. The highest BCUT2D eigenvalue weighted by molar-refractivity contribution is 7.99. The van der Waals surface area contributed by atoms with Crippen LogP contribution in [-0.4, -0.2) is 27.7 Å². The Labute approximate surface area is 103 Å². The first-order valence-corrected chi connectivity index (χ1v) is 6.62. The summed E-state index contributed by atoms with van der Waals surface area (Å²) in [6.07, 6.45) is 1.62. The molecule has 0 aromatic carbocycles. The summed E-state index contributed by atoms with van der Waals surface area (Å²) >= 11 is 1.82. The van der Waals surface area contributed by atoms with Crippen LogP contribution in [-0.2, 0) is 0 Å². The number of hydrogen-bond acceptors (Lipinski definition) is 6. The molecule has 2 aromatic rings. The zero-order chi connectivity index (χ0) is 11.8. The molecule has 0 bridgehead atoms. The Hall–Kier alpha value is -1.27. The van der Waals surface area contributed by atoms with Crippen molar-refractivity contribution in [3.05, 3.63) is 24.0 Å². The smallest absolute Gasteiger partial charge is 0.232 e. The van der Waals surface area contributed by atoms with Crippen molar-refractivity contribution in [1.29, 1.82) is 0 Å². The van der Waals surface area contributed by atoms with Gasteiger partial charge in [-0.3, -0.25) is 0 Å². The largest absolute Gasteiger partial charge is 0.469 e. The van der Waals surface area contributed by atoms with Crippen molar-refractivity contribution in [2.24, 2.45) is 5.73 Å². The highest BCUT2D eigenvalue weighted by atomic mass is 32.2. The standard InChI is InChI=1S/C11H13N3O2S/c1-6-7(2-3-15-6)10-13-11(16-14-10)8-4-17-5-9(8)12/h2-3,8-9H,4-5,12H2,1H3. The minimum absolute atomic E-state index is 0.110. The van der Waals surface area contributed by atoms with Crippen LogP contribution in [0.5, 0.6) is 0 Å². The van der Waals surface area contributed by atoms with Gasteiger partial charge in [0.25, 0.3) is 0 Å². The van der Waals surface area contributed by atoms with E-state index in [1.807, 2.05) is 24.8 Å². The van der Waals surface area contributed by atoms with Gasteiger partial charge in [0.2, 0.25) is 11.7 Å². The molecule has 0 spiro atoms. The van der Waals surface area contributed by atoms with Crippen LogP contribution in [0.25, 0.3) is 11.4 Å². The first-order chi connectivity index (χ1) is 8.25. The van der Waals surface area contributed by atoms with Crippen LogP contribution < -0.4 is 5.73 Å². The third kappa shape index (κ3) is 1.87. The maximum atomic E-state index is 6.00. The zero-order valence-electron chi connectivity index (χ0n) is 9.42. The summed E-state index contributed by atoms with van der Waals surface area (Å²) in [7, 11) is 0. The van der Waals surface area contributed by atoms with Crippen LogP contribution in [0.15, 0.2) is 21.3 Å². The lowest BCUT2D eigenvalue weighted by molar-refractivity contribution is 0.352. The van der Waals surface area contributed by atoms with Crippen LogP contribution in [0.1, 0.15) is 17.6 Å². The summed E-state index contributed by atoms with van der Waals surface area (Å²) < 4.78 is 10.5. The second-order valence-electron chi connectivity index (χ2n) is 4.15. The summed E-state index contributed by atoms with van der Waals surface area (Å²) in [5, 5.41) is 3.99. The van der Waals surface area contributed by atoms with Crippen LogP contribution in [0.2, 0.25) is 0 Å². The molecular formula is C11H13N3O2S. The van der Waals surface area contributed by atoms with Crippen LogP contribution in [0.4, 0.5) is 0 Å². The topological polar surface area (TPSA) is 78.1 Å². The van der Waals surface area contributed by atoms with Crippen molar-refractivity contribution < 1.29 is 8.94 Å². The van der Waals surface area contributed by atoms with E-state index >= 15 is 0 Å². The fourth-order valence-corrected chi connectivity index (χ4v) is 3.22. The predicted molar refractivity (Wildman–Crippen MR) is 64.8 cm³/mol. The molecule has 1 fully saturated rings. The second kappa shape index (κ2) is 4.19. The number of aromatic nitrogens is 2. The normalized spacial score (nSPS) is 24.4. The van der Waals surface area contributed by atoms with Crippen molar-refractivity contribution in [2.75, 3.05) is 11.5 Å². The van der Waals surface area contributed by atoms with E-state index in [1.54, 1.807) is 6.26 Å². The van der Waals surface area contributed by atoms with Gasteiger partial charge >= 0.3 is 0 Å². The number of hydrogen-bond donors (Lipinski definition) is 1. The molecule has 17 heavy (non-hydrogen) atoms. The molecule has 0 aliphatic carbocycles. The first-order valence-electron chi connectivity index (χ1n) is 5.47. The van der Waals surface area contributed by atoms with E-state index in [-0.39, 0.29) is 12.0 Å². The average Bonchev–Trinajstić information content (AvgIpc) is 2.97. The van der Waals surface area contributed by atoms with Gasteiger partial charge in [-0.15, -0.1) is 0 Å². The van der Waals surface area contributed by atoms with Gasteiger partial charge in [0.1, 0.15) is 5.76 Å². The SMILES string of the molecule is Cc1occc1-c1noc(C2CSCC2N)n1. The number of nitrogens with two attached hydrogens (primary N) is 1. The molecule has 3 heterocycles. The van der Waals surface area contributed by atoms with Crippen molar-refractivity contribution in [1.82, 2.24) is 10.1 Å². The minimum atomic E-state index is 0.110. The fraction of sp³-hybridized carbons (Fsp3) is 0.455. The quantitative estimate of drug-likeness (QED) is 0.876. The molecular weight excluding hydrogens is 238 g/mol. The van der Waals surface area contributed by atoms with Gasteiger partial charge in [-0.05, 0) is 13.0 Å². The number of nitrogens with zero attached hydrogens (tertiary/aromatic N) is 2. The third-order valence-electron chi connectivity index (χ3n) is 2.98. The first kappa shape index (κ1) is 10.9. The highest BCUT2D eigenvalue weighted by Crippen LogP contribution is 2.32. The summed E-state index contributed by atoms with van der Waals surface area (Å²) in [4.78, 5) is 4.41. The Bertz CT molecular complexity index is 522. The lowest BCUT2D eigenvalue weighted by Gasteiger charge is -2.07. The van der Waals surface area contributed by atoms with Crippen LogP contribution in [0.3, 0.4) is 0 Å². The number of aryl methyl sites for hydroxylation is 1. The minimum Gasteiger partial charge on any atom is -0.469 e. The molecule has 1 aliphatic heterocycles. The number of rotatable bonds is 2. The molecule has 5 nitrogen and oxygen atoms in total. The van der Waals surface area contributed by atoms with Gasteiger partial charge in [-0.25, -0.2) is 0 Å². The lowest BCUT2D eigenvalue weighted by Crippen LogP contribution is -2.26. The van der Waals surface area contributed by atoms with Gasteiger partial charge in [-0.1, -0.05) is 5.16 Å². The van der Waals surface area contributed by atoms with Gasteiger partial charge < -0.3 is 14.7 Å². The molecule has 2 N–H and O–H groups in total. The fourth-order valence-electron chi connectivity index (χ4n) is 1.94. The molecule has 0 radical (unpaired) electrons. The zero-order valence-corrected chi connectivity index (χ0v) is 10.2. The van der Waals surface area contributed by atoms with Crippen LogP contribution in [0, 0.1) is 6.92 Å². The summed E-state index contributed by atoms with van der Waals surface area (Å²) in [5.74, 6) is 4.09. The van der Waals surface area contributed by atoms with Gasteiger partial charge in [0.05, 0.1) is 17.7 Å². The van der Waals surface area contributed by atoms with E-state index < -0.39 is 0 Å². The van der Waals surface area contributed by atoms with E-state index in [2.05, 4.69) is 10.1 Å². The van der Waals surface area contributed by atoms with E-state index in [9.17, 15) is 0 Å². The van der Waals surface area contributed by atoms with Gasteiger partial charge in [-0.2, -0.15) is 16.7 Å². The molecule has 3 rings (SSSR count). The maximum Gasteiger partial charge on any atom is 0.232 e. The Kier molecular flexibility index (Phi) is 2.68. The molecule has 1 aliphatic rings. The molecule has 90 valence electrons. The van der Waals surface area contributed by atoms with Crippen LogP contribution >= 0.6 is 11.8 Å². The number of thioether (sulfide) groups is 1. The predicted octanol–water partition coefficient (Wildman–Crippen LogP) is 1.80. The molecule has 6 heteroatoms. The maximum absolute atomic E-state index is 6.00. The van der Waals surface area contributed by atoms with Gasteiger partial charge in [0, 0.05) is 17.5 Å². The van der Waals surface area contributed by atoms with Gasteiger partial charge in [0.15, 0.2) is 0 Å². The Balaban J connectivity index is 1.90. The van der Waals surface area contributed by atoms with Crippen molar-refractivity contribution >= 4 is 11.8 Å². The van der Waals surface area contributed by atoms with Crippen molar-refractivity contribution in [3.63, 3.8) is 0 Å². The van der Waals surface area contributed by atoms with E-state index in [4.69, 9.17) is 14.7 Å². The molecule has 0 saturated carbocycles. The summed E-state index contributed by atoms with van der Waals surface area (Å²) in [6, 6.07) is 1.95. The molecule has 2 unspecified atom stereocenters. The monoisotopic (exact) mass is 251 g/mol. The Morgan fingerprint density at radius 3 is 3.00 bits per heavy atom. The van der Waals surface area contributed by atoms with E-state index in [0.717, 1.165) is 22.8 Å². The Morgan fingerprint density at radius 1 is 1.47 bits per heavy atom. The van der Waals surface area contributed by atoms with E-state index in [0.29, 0.717) is 11.7 Å². The summed E-state index contributed by atoms with van der Waals surface area (Å²) in [6.45, 7) is 1.88. The molecule has 0 amide bonds. The van der Waals surface area contributed by atoms with E-state index in [1.165, 1.54) is 0 Å². The highest BCUT2D eigenvalue weighted by Gasteiger charge is 2.31. The lowest BCUT2D eigenvalue weighted by atomic mass is 10.1. The molecule has 2 aromatic heterocycles. The third-order valence-corrected chi connectivity index (χ3v) is 4.20. The van der Waals surface area contributed by atoms with Crippen molar-refractivity contribution in [2.45, 2.75) is 18.9 Å². The average molecular weight is 251 g/mol. The van der Waals surface area contributed by atoms with Crippen molar-refractivity contribution in [3.8, 4) is 11.4 Å². The summed E-state index contributed by atoms with van der Waals surface area (Å²) in [5.41, 5.74) is 6.88. The second-order valence-corrected chi connectivity index (χ2v) is 5.23. The molecule has 2 atom stereocenters.